The maximum Gasteiger partial charge on any atom is 0.229 e. The molecule has 2 rings (SSSR count). The molecule has 0 saturated heterocycles. The Morgan fingerprint density at radius 3 is 2.36 bits per heavy atom. The van der Waals surface area contributed by atoms with Gasteiger partial charge in [0.2, 0.25) is 5.95 Å². The van der Waals surface area contributed by atoms with Gasteiger partial charge in [-0.3, -0.25) is 0 Å². The molecule has 0 unspecified atom stereocenters. The fraction of sp³-hybridized carbons (Fsp3) is 0.412. The topological polar surface area (TPSA) is 53.1 Å². The molecule has 2 N–H and O–H groups in total. The molecule has 0 radical (unpaired) electrons. The van der Waals surface area contributed by atoms with E-state index in [0.717, 1.165) is 29.4 Å². The van der Waals surface area contributed by atoms with Crippen LogP contribution in [0.25, 0.3) is 0 Å². The molecule has 22 heavy (non-hydrogen) atoms. The molecule has 0 atom stereocenters. The van der Waals surface area contributed by atoms with E-state index >= 15 is 0 Å². The van der Waals surface area contributed by atoms with Crippen LogP contribution in [-0.4, -0.2) is 30.6 Å². The standard InChI is InChI=1S/C17H25N5/c1-12(2)11-18-16-10-13(3)19-17(21-16)20-14-6-8-15(9-7-14)22(4)5/h6-10,12H,11H2,1-5H3,(H2,18,19,20,21). The Labute approximate surface area is 132 Å². The van der Waals surface area contributed by atoms with E-state index in [-0.39, 0.29) is 0 Å². The summed E-state index contributed by atoms with van der Waals surface area (Å²) in [6.45, 7) is 7.22. The molecule has 0 amide bonds. The molecule has 1 heterocycles. The third-order valence-corrected chi connectivity index (χ3v) is 3.19. The second-order valence-corrected chi connectivity index (χ2v) is 6.06. The van der Waals surface area contributed by atoms with Crippen LogP contribution in [0.3, 0.4) is 0 Å². The summed E-state index contributed by atoms with van der Waals surface area (Å²) in [6.07, 6.45) is 0. The molecule has 5 heteroatoms. The van der Waals surface area contributed by atoms with Crippen molar-refractivity contribution in [3.63, 3.8) is 0 Å². The Morgan fingerprint density at radius 1 is 1.09 bits per heavy atom. The smallest absolute Gasteiger partial charge is 0.229 e. The summed E-state index contributed by atoms with van der Waals surface area (Å²) < 4.78 is 0. The summed E-state index contributed by atoms with van der Waals surface area (Å²) in [5.74, 6) is 2.04. The molecule has 0 fully saturated rings. The van der Waals surface area contributed by atoms with Gasteiger partial charge in [0.05, 0.1) is 0 Å². The molecule has 118 valence electrons. The van der Waals surface area contributed by atoms with Crippen molar-refractivity contribution < 1.29 is 0 Å². The highest BCUT2D eigenvalue weighted by molar-refractivity contribution is 5.59. The highest BCUT2D eigenvalue weighted by atomic mass is 15.1. The highest BCUT2D eigenvalue weighted by Crippen LogP contribution is 2.19. The lowest BCUT2D eigenvalue weighted by Crippen LogP contribution is -2.11. The van der Waals surface area contributed by atoms with Crippen molar-refractivity contribution >= 4 is 23.1 Å². The van der Waals surface area contributed by atoms with E-state index in [1.807, 2.05) is 39.2 Å². The van der Waals surface area contributed by atoms with E-state index in [4.69, 9.17) is 0 Å². The van der Waals surface area contributed by atoms with Crippen LogP contribution in [0.5, 0.6) is 0 Å². The zero-order valence-electron chi connectivity index (χ0n) is 14.0. The molecule has 1 aromatic heterocycles. The molecule has 0 aliphatic carbocycles. The predicted molar refractivity (Wildman–Crippen MR) is 94.1 cm³/mol. The van der Waals surface area contributed by atoms with Gasteiger partial charge in [-0.1, -0.05) is 13.8 Å². The Morgan fingerprint density at radius 2 is 1.77 bits per heavy atom. The van der Waals surface area contributed by atoms with E-state index in [2.05, 4.69) is 51.5 Å². The number of anilines is 4. The quantitative estimate of drug-likeness (QED) is 0.852. The minimum absolute atomic E-state index is 0.574. The van der Waals surface area contributed by atoms with E-state index in [0.29, 0.717) is 11.9 Å². The van der Waals surface area contributed by atoms with Crippen molar-refractivity contribution in [2.24, 2.45) is 5.92 Å². The van der Waals surface area contributed by atoms with Gasteiger partial charge in [0.15, 0.2) is 0 Å². The minimum Gasteiger partial charge on any atom is -0.378 e. The fourth-order valence-electron chi connectivity index (χ4n) is 2.00. The van der Waals surface area contributed by atoms with Gasteiger partial charge in [0.1, 0.15) is 5.82 Å². The summed E-state index contributed by atoms with van der Waals surface area (Å²) in [5, 5.41) is 6.60. The van der Waals surface area contributed by atoms with Crippen LogP contribution >= 0.6 is 0 Å². The molecule has 0 spiro atoms. The molecule has 0 aliphatic rings. The minimum atomic E-state index is 0.574. The lowest BCUT2D eigenvalue weighted by atomic mass is 10.2. The first kappa shape index (κ1) is 16.1. The zero-order chi connectivity index (χ0) is 16.1. The predicted octanol–water partition coefficient (Wildman–Crippen LogP) is 3.66. The van der Waals surface area contributed by atoms with E-state index in [9.17, 15) is 0 Å². The Bertz CT molecular complexity index is 605. The Hall–Kier alpha value is -2.30. The van der Waals surface area contributed by atoms with E-state index in [1.54, 1.807) is 0 Å². The fourth-order valence-corrected chi connectivity index (χ4v) is 2.00. The van der Waals surface area contributed by atoms with Crippen LogP contribution in [0.2, 0.25) is 0 Å². The monoisotopic (exact) mass is 299 g/mol. The van der Waals surface area contributed by atoms with E-state index in [1.165, 1.54) is 0 Å². The second-order valence-electron chi connectivity index (χ2n) is 6.06. The first-order chi connectivity index (χ1) is 10.4. The van der Waals surface area contributed by atoms with Crippen LogP contribution in [0.15, 0.2) is 30.3 Å². The molecule has 2 aromatic rings. The summed E-state index contributed by atoms with van der Waals surface area (Å²) >= 11 is 0. The number of hydrogen-bond acceptors (Lipinski definition) is 5. The average molecular weight is 299 g/mol. The molecule has 0 saturated carbocycles. The van der Waals surface area contributed by atoms with Gasteiger partial charge in [0, 0.05) is 43.8 Å². The zero-order valence-corrected chi connectivity index (χ0v) is 14.0. The third-order valence-electron chi connectivity index (χ3n) is 3.19. The van der Waals surface area contributed by atoms with Crippen molar-refractivity contribution in [2.75, 3.05) is 36.2 Å². The normalized spacial score (nSPS) is 10.6. The first-order valence-electron chi connectivity index (χ1n) is 7.58. The van der Waals surface area contributed by atoms with Gasteiger partial charge in [-0.25, -0.2) is 4.98 Å². The number of hydrogen-bond donors (Lipinski definition) is 2. The molecule has 0 aliphatic heterocycles. The summed E-state index contributed by atoms with van der Waals surface area (Å²) in [7, 11) is 4.05. The molecular weight excluding hydrogens is 274 g/mol. The van der Waals surface area contributed by atoms with Gasteiger partial charge < -0.3 is 15.5 Å². The van der Waals surface area contributed by atoms with Gasteiger partial charge in [-0.05, 0) is 37.1 Å². The van der Waals surface area contributed by atoms with Crippen LogP contribution in [0, 0.1) is 12.8 Å². The Balaban J connectivity index is 2.11. The SMILES string of the molecule is Cc1cc(NCC(C)C)nc(Nc2ccc(N(C)C)cc2)n1. The van der Waals surface area contributed by atoms with Gasteiger partial charge >= 0.3 is 0 Å². The van der Waals surface area contributed by atoms with Gasteiger partial charge in [0.25, 0.3) is 0 Å². The molecular formula is C17H25N5. The number of nitrogens with one attached hydrogen (secondary N) is 2. The molecule has 5 nitrogen and oxygen atoms in total. The van der Waals surface area contributed by atoms with Crippen molar-refractivity contribution in [3.8, 4) is 0 Å². The number of aromatic nitrogens is 2. The van der Waals surface area contributed by atoms with Crippen molar-refractivity contribution in [2.45, 2.75) is 20.8 Å². The number of nitrogens with zero attached hydrogens (tertiary/aromatic N) is 3. The van der Waals surface area contributed by atoms with Crippen molar-refractivity contribution in [1.82, 2.24) is 9.97 Å². The summed E-state index contributed by atoms with van der Waals surface area (Å²) in [6, 6.07) is 10.2. The van der Waals surface area contributed by atoms with Crippen molar-refractivity contribution in [3.05, 3.63) is 36.0 Å². The number of aryl methyl sites for hydroxylation is 1. The highest BCUT2D eigenvalue weighted by Gasteiger charge is 2.04. The summed E-state index contributed by atoms with van der Waals surface area (Å²) in [4.78, 5) is 11.0. The van der Waals surface area contributed by atoms with Crippen molar-refractivity contribution in [1.29, 1.82) is 0 Å². The van der Waals surface area contributed by atoms with Crippen LogP contribution < -0.4 is 15.5 Å². The molecule has 1 aromatic carbocycles. The van der Waals surface area contributed by atoms with Gasteiger partial charge in [-0.2, -0.15) is 4.98 Å². The first-order valence-corrected chi connectivity index (χ1v) is 7.58. The number of rotatable bonds is 6. The average Bonchev–Trinajstić information content (AvgIpc) is 2.45. The van der Waals surface area contributed by atoms with Crippen LogP contribution in [0.4, 0.5) is 23.1 Å². The van der Waals surface area contributed by atoms with Gasteiger partial charge in [-0.15, -0.1) is 0 Å². The number of benzene rings is 1. The summed E-state index contributed by atoms with van der Waals surface area (Å²) in [5.41, 5.74) is 3.08. The molecule has 0 bridgehead atoms. The largest absolute Gasteiger partial charge is 0.378 e. The van der Waals surface area contributed by atoms with Crippen LogP contribution in [-0.2, 0) is 0 Å². The van der Waals surface area contributed by atoms with Crippen LogP contribution in [0.1, 0.15) is 19.5 Å². The maximum absolute atomic E-state index is 4.51. The van der Waals surface area contributed by atoms with E-state index < -0.39 is 0 Å². The Kier molecular flexibility index (Phi) is 5.20. The second kappa shape index (κ2) is 7.11. The lowest BCUT2D eigenvalue weighted by Gasteiger charge is -2.14. The lowest BCUT2D eigenvalue weighted by molar-refractivity contribution is 0.687. The maximum atomic E-state index is 4.51. The third kappa shape index (κ3) is 4.62.